The van der Waals surface area contributed by atoms with Crippen molar-refractivity contribution in [3.8, 4) is 0 Å². The van der Waals surface area contributed by atoms with Crippen LogP contribution in [0.1, 0.15) is 5.56 Å². The Hall–Kier alpha value is -2.07. The lowest BCUT2D eigenvalue weighted by Crippen LogP contribution is -2.23. The molecule has 0 aliphatic carbocycles. The van der Waals surface area contributed by atoms with Crippen molar-refractivity contribution >= 4 is 40.3 Å². The molecule has 0 amide bonds. The van der Waals surface area contributed by atoms with Gasteiger partial charge in [-0.3, -0.25) is 0 Å². The highest BCUT2D eigenvalue weighted by atomic mass is 35.5. The number of halogens is 8. The monoisotopic (exact) mass is 402 g/mol. The second-order valence-corrected chi connectivity index (χ2v) is 5.44. The van der Waals surface area contributed by atoms with Crippen molar-refractivity contribution in [2.45, 2.75) is 6.18 Å². The van der Waals surface area contributed by atoms with Gasteiger partial charge in [0, 0.05) is 10.7 Å². The number of nitrogens with one attached hydrogen (secondary N) is 2. The van der Waals surface area contributed by atoms with Crippen LogP contribution in [0.5, 0.6) is 0 Å². The highest BCUT2D eigenvalue weighted by molar-refractivity contribution is 7.80. The minimum atomic E-state index is -5.62. The Morgan fingerprint density at radius 1 is 0.920 bits per heavy atom. The molecule has 134 valence electrons. The highest BCUT2D eigenvalue weighted by Crippen LogP contribution is 2.38. The molecule has 2 aromatic rings. The predicted octanol–water partition coefficient (Wildman–Crippen LogP) is 5.72. The Kier molecular flexibility index (Phi) is 5.43. The Balaban J connectivity index is 2.36. The molecule has 0 atom stereocenters. The third kappa shape index (κ3) is 4.13. The van der Waals surface area contributed by atoms with Gasteiger partial charge in [0.05, 0.1) is 0 Å². The van der Waals surface area contributed by atoms with Gasteiger partial charge in [-0.15, -0.1) is 0 Å². The fourth-order valence-corrected chi connectivity index (χ4v) is 2.24. The van der Waals surface area contributed by atoms with E-state index in [1.54, 1.807) is 5.32 Å². The molecule has 0 spiro atoms. The van der Waals surface area contributed by atoms with E-state index in [1.807, 2.05) is 0 Å². The lowest BCUT2D eigenvalue weighted by Gasteiger charge is -2.16. The Morgan fingerprint density at radius 2 is 1.48 bits per heavy atom. The number of anilines is 2. The molecule has 0 aliphatic rings. The van der Waals surface area contributed by atoms with E-state index in [2.05, 4.69) is 5.32 Å². The molecule has 11 heteroatoms. The lowest BCUT2D eigenvalue weighted by molar-refractivity contribution is -0.143. The summed E-state index contributed by atoms with van der Waals surface area (Å²) >= 11 is 10.4. The number of thiocarbonyl (C=S) groups is 1. The summed E-state index contributed by atoms with van der Waals surface area (Å²) in [5.41, 5.74) is -3.90. The molecule has 2 nitrogen and oxygen atoms in total. The van der Waals surface area contributed by atoms with Crippen LogP contribution >= 0.6 is 23.8 Å². The first-order chi connectivity index (χ1) is 11.5. The van der Waals surface area contributed by atoms with Crippen molar-refractivity contribution in [2.24, 2.45) is 0 Å². The lowest BCUT2D eigenvalue weighted by atomic mass is 10.1. The Labute approximate surface area is 146 Å². The second-order valence-electron chi connectivity index (χ2n) is 4.59. The zero-order chi connectivity index (χ0) is 18.9. The molecule has 0 heterocycles. The summed E-state index contributed by atoms with van der Waals surface area (Å²) in [5.74, 6) is -9.69. The van der Waals surface area contributed by atoms with Gasteiger partial charge in [0.15, 0.2) is 28.4 Å². The molecule has 2 N–H and O–H groups in total. The topological polar surface area (TPSA) is 24.1 Å². The fourth-order valence-electron chi connectivity index (χ4n) is 1.83. The summed E-state index contributed by atoms with van der Waals surface area (Å²) in [5, 5.41) is 3.95. The first-order valence-electron chi connectivity index (χ1n) is 6.29. The van der Waals surface area contributed by atoms with Crippen molar-refractivity contribution in [1.29, 1.82) is 0 Å². The highest BCUT2D eigenvalue weighted by Gasteiger charge is 2.42. The third-order valence-corrected chi connectivity index (χ3v) is 3.31. The molecule has 2 rings (SSSR count). The molecule has 0 saturated carbocycles. The smallest absolute Gasteiger partial charge is 0.332 e. The number of hydrogen-bond donors (Lipinski definition) is 2. The van der Waals surface area contributed by atoms with Crippen LogP contribution in [0.4, 0.5) is 42.1 Å². The molecule has 0 fully saturated rings. The first kappa shape index (κ1) is 19.3. The zero-order valence-corrected chi connectivity index (χ0v) is 13.3. The second kappa shape index (κ2) is 7.04. The average Bonchev–Trinajstić information content (AvgIpc) is 2.48. The number of hydrogen-bond acceptors (Lipinski definition) is 1. The maximum Gasteiger partial charge on any atom is 0.422 e. The average molecular weight is 403 g/mol. The summed E-state index contributed by atoms with van der Waals surface area (Å²) in [6, 6.07) is 5.85. The van der Waals surface area contributed by atoms with Gasteiger partial charge < -0.3 is 10.6 Å². The summed E-state index contributed by atoms with van der Waals surface area (Å²) < 4.78 is 92.0. The molecule has 0 aromatic heterocycles. The van der Waals surface area contributed by atoms with E-state index >= 15 is 0 Å². The van der Waals surface area contributed by atoms with Crippen LogP contribution in [0, 0.1) is 23.3 Å². The SMILES string of the molecule is Fc1c(F)c(C(F)(F)F)c(F)c(F)c1NC(=S)Nc1cccc(Cl)c1. The van der Waals surface area contributed by atoms with Gasteiger partial charge in [-0.2, -0.15) is 13.2 Å². The summed E-state index contributed by atoms with van der Waals surface area (Å²) in [4.78, 5) is 0. The summed E-state index contributed by atoms with van der Waals surface area (Å²) in [6.07, 6.45) is -5.62. The standard InChI is InChI=1S/C14H6ClF7N2S/c15-5-2-1-3-6(4-5)23-13(25)24-12-10(18)8(16)7(14(20,21)22)9(17)11(12)19/h1-4H,(H2,23,24,25). The maximum atomic E-state index is 13.7. The van der Waals surface area contributed by atoms with Crippen LogP contribution in [0.25, 0.3) is 0 Å². The van der Waals surface area contributed by atoms with Crippen molar-refractivity contribution in [3.05, 3.63) is 58.1 Å². The number of rotatable bonds is 2. The van der Waals surface area contributed by atoms with Gasteiger partial charge in [-0.25, -0.2) is 17.6 Å². The van der Waals surface area contributed by atoms with E-state index in [0.29, 0.717) is 0 Å². The Morgan fingerprint density at radius 3 is 1.96 bits per heavy atom. The fraction of sp³-hybridized carbons (Fsp3) is 0.0714. The largest absolute Gasteiger partial charge is 0.422 e. The minimum Gasteiger partial charge on any atom is -0.332 e. The van der Waals surface area contributed by atoms with E-state index in [9.17, 15) is 30.7 Å². The van der Waals surface area contributed by atoms with Crippen LogP contribution in [-0.2, 0) is 6.18 Å². The van der Waals surface area contributed by atoms with E-state index in [-0.39, 0.29) is 10.7 Å². The van der Waals surface area contributed by atoms with E-state index in [1.165, 1.54) is 24.3 Å². The summed E-state index contributed by atoms with van der Waals surface area (Å²) in [7, 11) is 0. The zero-order valence-electron chi connectivity index (χ0n) is 11.7. The third-order valence-electron chi connectivity index (χ3n) is 2.87. The van der Waals surface area contributed by atoms with Crippen LogP contribution in [-0.4, -0.2) is 5.11 Å². The minimum absolute atomic E-state index is 0.263. The van der Waals surface area contributed by atoms with E-state index < -0.39 is 45.8 Å². The molecule has 0 aliphatic heterocycles. The Bertz CT molecular complexity index is 810. The van der Waals surface area contributed by atoms with Crippen molar-refractivity contribution in [1.82, 2.24) is 0 Å². The van der Waals surface area contributed by atoms with Gasteiger partial charge in [0.25, 0.3) is 0 Å². The van der Waals surface area contributed by atoms with Gasteiger partial charge in [-0.05, 0) is 30.4 Å². The van der Waals surface area contributed by atoms with Gasteiger partial charge in [0.2, 0.25) is 0 Å². The van der Waals surface area contributed by atoms with Gasteiger partial charge in [-0.1, -0.05) is 17.7 Å². The van der Waals surface area contributed by atoms with Crippen molar-refractivity contribution < 1.29 is 30.7 Å². The predicted molar refractivity (Wildman–Crippen MR) is 82.6 cm³/mol. The molecule has 0 radical (unpaired) electrons. The molecular weight excluding hydrogens is 397 g/mol. The van der Waals surface area contributed by atoms with Crippen molar-refractivity contribution in [3.63, 3.8) is 0 Å². The molecule has 2 aromatic carbocycles. The molecule has 0 bridgehead atoms. The summed E-state index contributed by atoms with van der Waals surface area (Å²) in [6.45, 7) is 0. The molecule has 0 saturated heterocycles. The molecule has 0 unspecified atom stereocenters. The molecular formula is C14H6ClF7N2S. The number of alkyl halides is 3. The van der Waals surface area contributed by atoms with Crippen LogP contribution < -0.4 is 10.6 Å². The van der Waals surface area contributed by atoms with E-state index in [0.717, 1.165) is 0 Å². The maximum absolute atomic E-state index is 13.7. The van der Waals surface area contributed by atoms with Crippen molar-refractivity contribution in [2.75, 3.05) is 10.6 Å². The normalized spacial score (nSPS) is 11.4. The van der Waals surface area contributed by atoms with Crippen LogP contribution in [0.2, 0.25) is 5.02 Å². The van der Waals surface area contributed by atoms with E-state index in [4.69, 9.17) is 23.8 Å². The van der Waals surface area contributed by atoms with Gasteiger partial charge in [0.1, 0.15) is 11.3 Å². The quantitative estimate of drug-likeness (QED) is 0.381. The van der Waals surface area contributed by atoms with Gasteiger partial charge >= 0.3 is 6.18 Å². The first-order valence-corrected chi connectivity index (χ1v) is 7.07. The van der Waals surface area contributed by atoms with Crippen LogP contribution in [0.3, 0.4) is 0 Å². The number of benzene rings is 2. The van der Waals surface area contributed by atoms with Crippen LogP contribution in [0.15, 0.2) is 24.3 Å². The molecule has 25 heavy (non-hydrogen) atoms.